The van der Waals surface area contributed by atoms with Crippen molar-refractivity contribution in [2.45, 2.75) is 17.9 Å². The lowest BCUT2D eigenvalue weighted by Crippen LogP contribution is -2.24. The molecule has 2 aromatic carbocycles. The molecule has 0 aliphatic carbocycles. The van der Waals surface area contributed by atoms with Gasteiger partial charge < -0.3 is 5.32 Å². The van der Waals surface area contributed by atoms with Crippen molar-refractivity contribution in [1.29, 1.82) is 0 Å². The van der Waals surface area contributed by atoms with E-state index in [1.807, 2.05) is 30.3 Å². The Balaban J connectivity index is 1.90. The number of amides is 1. The lowest BCUT2D eigenvalue weighted by Gasteiger charge is -2.06. The van der Waals surface area contributed by atoms with E-state index in [0.29, 0.717) is 13.0 Å². The minimum Gasteiger partial charge on any atom is -0.352 e. The third-order valence-electron chi connectivity index (χ3n) is 3.05. The molecule has 0 fully saturated rings. The zero-order valence-corrected chi connectivity index (χ0v) is 12.6. The molecule has 5 heteroatoms. The number of nitrogens with one attached hydrogen (secondary N) is 1. The first kappa shape index (κ1) is 15.3. The highest BCUT2D eigenvalue weighted by molar-refractivity contribution is 7.90. The SMILES string of the molecule is CS(=O)(=O)c1ccc(CNC(=O)Cc2ccccc2)cc1. The quantitative estimate of drug-likeness (QED) is 0.918. The summed E-state index contributed by atoms with van der Waals surface area (Å²) in [5.74, 6) is -0.0617. The lowest BCUT2D eigenvalue weighted by atomic mass is 10.1. The molecule has 2 aromatic rings. The fourth-order valence-electron chi connectivity index (χ4n) is 1.90. The molecule has 0 aliphatic rings. The number of hydrogen-bond acceptors (Lipinski definition) is 3. The smallest absolute Gasteiger partial charge is 0.224 e. The van der Waals surface area contributed by atoms with Crippen LogP contribution in [0.15, 0.2) is 59.5 Å². The normalized spacial score (nSPS) is 11.1. The summed E-state index contributed by atoms with van der Waals surface area (Å²) < 4.78 is 22.7. The molecule has 0 atom stereocenters. The van der Waals surface area contributed by atoms with Crippen molar-refractivity contribution in [3.05, 3.63) is 65.7 Å². The van der Waals surface area contributed by atoms with E-state index in [4.69, 9.17) is 0 Å². The molecular formula is C16H17NO3S. The molecule has 2 rings (SSSR count). The topological polar surface area (TPSA) is 63.2 Å². The number of carbonyl (C=O) groups is 1. The number of benzene rings is 2. The van der Waals surface area contributed by atoms with E-state index in [0.717, 1.165) is 11.1 Å². The van der Waals surface area contributed by atoms with E-state index >= 15 is 0 Å². The van der Waals surface area contributed by atoms with Gasteiger partial charge in [0.1, 0.15) is 0 Å². The Morgan fingerprint density at radius 1 is 0.952 bits per heavy atom. The van der Waals surface area contributed by atoms with Crippen molar-refractivity contribution in [2.75, 3.05) is 6.26 Å². The zero-order valence-electron chi connectivity index (χ0n) is 11.7. The molecule has 0 saturated carbocycles. The molecule has 0 bridgehead atoms. The second-order valence-corrected chi connectivity index (χ2v) is 6.87. The van der Waals surface area contributed by atoms with Gasteiger partial charge >= 0.3 is 0 Å². The van der Waals surface area contributed by atoms with Crippen LogP contribution < -0.4 is 5.32 Å². The maximum Gasteiger partial charge on any atom is 0.224 e. The van der Waals surface area contributed by atoms with Gasteiger partial charge in [0.15, 0.2) is 9.84 Å². The van der Waals surface area contributed by atoms with Crippen LogP contribution in [0.2, 0.25) is 0 Å². The standard InChI is InChI=1S/C16H17NO3S/c1-21(19,20)15-9-7-14(8-10-15)12-17-16(18)11-13-5-3-2-4-6-13/h2-10H,11-12H2,1H3,(H,17,18). The van der Waals surface area contributed by atoms with Gasteiger partial charge in [-0.1, -0.05) is 42.5 Å². The summed E-state index contributed by atoms with van der Waals surface area (Å²) in [7, 11) is -3.18. The first-order valence-corrected chi connectivity index (χ1v) is 8.44. The average Bonchev–Trinajstić information content (AvgIpc) is 2.46. The summed E-state index contributed by atoms with van der Waals surface area (Å²) in [6.07, 6.45) is 1.51. The molecular weight excluding hydrogens is 286 g/mol. The number of hydrogen-bond donors (Lipinski definition) is 1. The molecule has 0 unspecified atom stereocenters. The lowest BCUT2D eigenvalue weighted by molar-refractivity contribution is -0.120. The second kappa shape index (κ2) is 6.54. The third-order valence-corrected chi connectivity index (χ3v) is 4.18. The van der Waals surface area contributed by atoms with Gasteiger partial charge in [-0.15, -0.1) is 0 Å². The summed E-state index contributed by atoms with van der Waals surface area (Å²) in [6.45, 7) is 0.385. The Labute approximate surface area is 124 Å². The first-order valence-electron chi connectivity index (χ1n) is 6.55. The van der Waals surface area contributed by atoms with E-state index in [1.165, 1.54) is 6.26 Å². The summed E-state index contributed by atoms with van der Waals surface area (Å²) in [5.41, 5.74) is 1.83. The van der Waals surface area contributed by atoms with Crippen LogP contribution in [-0.4, -0.2) is 20.6 Å². The predicted octanol–water partition coefficient (Wildman–Crippen LogP) is 1.95. The molecule has 1 amide bonds. The van der Waals surface area contributed by atoms with Gasteiger partial charge in [-0.05, 0) is 23.3 Å². The van der Waals surface area contributed by atoms with Crippen LogP contribution in [0.5, 0.6) is 0 Å². The molecule has 0 heterocycles. The van der Waals surface area contributed by atoms with Gasteiger partial charge in [0.25, 0.3) is 0 Å². The monoisotopic (exact) mass is 303 g/mol. The largest absolute Gasteiger partial charge is 0.352 e. The van der Waals surface area contributed by atoms with Crippen molar-refractivity contribution in [2.24, 2.45) is 0 Å². The summed E-state index contributed by atoms with van der Waals surface area (Å²) in [6, 6.07) is 16.0. The minimum atomic E-state index is -3.18. The Morgan fingerprint density at radius 2 is 1.57 bits per heavy atom. The third kappa shape index (κ3) is 4.72. The number of rotatable bonds is 5. The Hall–Kier alpha value is -2.14. The van der Waals surface area contributed by atoms with Crippen molar-refractivity contribution in [3.63, 3.8) is 0 Å². The van der Waals surface area contributed by atoms with Crippen LogP contribution in [0, 0.1) is 0 Å². The fraction of sp³-hybridized carbons (Fsp3) is 0.188. The highest BCUT2D eigenvalue weighted by atomic mass is 32.2. The molecule has 4 nitrogen and oxygen atoms in total. The summed E-state index contributed by atoms with van der Waals surface area (Å²) in [4.78, 5) is 12.1. The number of sulfone groups is 1. The van der Waals surface area contributed by atoms with Crippen LogP contribution in [0.3, 0.4) is 0 Å². The highest BCUT2D eigenvalue weighted by Crippen LogP contribution is 2.10. The van der Waals surface area contributed by atoms with Gasteiger partial charge in [-0.2, -0.15) is 0 Å². The molecule has 21 heavy (non-hydrogen) atoms. The van der Waals surface area contributed by atoms with Crippen LogP contribution in [0.4, 0.5) is 0 Å². The summed E-state index contributed by atoms with van der Waals surface area (Å²) >= 11 is 0. The van der Waals surface area contributed by atoms with Crippen LogP contribution in [-0.2, 0) is 27.6 Å². The van der Waals surface area contributed by atoms with Gasteiger partial charge in [0.2, 0.25) is 5.91 Å². The Bertz CT molecular complexity index is 707. The minimum absolute atomic E-state index is 0.0617. The maximum absolute atomic E-state index is 11.8. The molecule has 110 valence electrons. The zero-order chi connectivity index (χ0) is 15.3. The molecule has 0 aromatic heterocycles. The van der Waals surface area contributed by atoms with Crippen LogP contribution in [0.25, 0.3) is 0 Å². The van der Waals surface area contributed by atoms with E-state index in [9.17, 15) is 13.2 Å². The van der Waals surface area contributed by atoms with E-state index in [2.05, 4.69) is 5.32 Å². The first-order chi connectivity index (χ1) is 9.95. The van der Waals surface area contributed by atoms with Gasteiger partial charge in [-0.25, -0.2) is 8.42 Å². The van der Waals surface area contributed by atoms with Crippen molar-refractivity contribution in [3.8, 4) is 0 Å². The van der Waals surface area contributed by atoms with Crippen LogP contribution in [0.1, 0.15) is 11.1 Å². The highest BCUT2D eigenvalue weighted by Gasteiger charge is 2.07. The Morgan fingerprint density at radius 3 is 2.14 bits per heavy atom. The fourth-order valence-corrected chi connectivity index (χ4v) is 2.53. The van der Waals surface area contributed by atoms with E-state index in [-0.39, 0.29) is 10.8 Å². The predicted molar refractivity (Wildman–Crippen MR) is 81.5 cm³/mol. The van der Waals surface area contributed by atoms with Crippen molar-refractivity contribution in [1.82, 2.24) is 5.32 Å². The molecule has 0 radical (unpaired) electrons. The molecule has 1 N–H and O–H groups in total. The maximum atomic E-state index is 11.8. The number of carbonyl (C=O) groups excluding carboxylic acids is 1. The van der Waals surface area contributed by atoms with E-state index < -0.39 is 9.84 Å². The van der Waals surface area contributed by atoms with Crippen molar-refractivity contribution >= 4 is 15.7 Å². The molecule has 0 aliphatic heterocycles. The van der Waals surface area contributed by atoms with E-state index in [1.54, 1.807) is 24.3 Å². The Kier molecular flexibility index (Phi) is 4.75. The summed E-state index contributed by atoms with van der Waals surface area (Å²) in [5, 5.41) is 2.82. The van der Waals surface area contributed by atoms with Gasteiger partial charge in [0.05, 0.1) is 11.3 Å². The van der Waals surface area contributed by atoms with Gasteiger partial charge in [-0.3, -0.25) is 4.79 Å². The second-order valence-electron chi connectivity index (χ2n) is 4.86. The van der Waals surface area contributed by atoms with Crippen molar-refractivity contribution < 1.29 is 13.2 Å². The molecule has 0 saturated heterocycles. The van der Waals surface area contributed by atoms with Crippen LogP contribution >= 0.6 is 0 Å². The van der Waals surface area contributed by atoms with Gasteiger partial charge in [0, 0.05) is 12.8 Å². The average molecular weight is 303 g/mol. The molecule has 0 spiro atoms.